The molecular formula is C67H96N6O5. The number of carbonyl (C=O) groups is 3. The van der Waals surface area contributed by atoms with Crippen LogP contribution in [-0.2, 0) is 23.9 Å². The number of aliphatic imine (C=N–C) groups is 3. The summed E-state index contributed by atoms with van der Waals surface area (Å²) in [5.74, 6) is 0.954. The number of rotatable bonds is 25. The minimum atomic E-state index is -0.457. The molecule has 5 heterocycles. The van der Waals surface area contributed by atoms with Gasteiger partial charge in [-0.1, -0.05) is 143 Å². The van der Waals surface area contributed by atoms with Crippen molar-refractivity contribution in [1.82, 2.24) is 16.0 Å². The molecule has 2 saturated carbocycles. The molecule has 0 aromatic rings. The zero-order valence-electron chi connectivity index (χ0n) is 49.6. The van der Waals surface area contributed by atoms with Gasteiger partial charge >= 0.3 is 11.9 Å². The molecule has 3 fully saturated rings. The van der Waals surface area contributed by atoms with Gasteiger partial charge in [0, 0.05) is 64.7 Å². The summed E-state index contributed by atoms with van der Waals surface area (Å²) in [5, 5.41) is 11.0. The second kappa shape index (κ2) is 29.0. The largest absolute Gasteiger partial charge is 0.469 e. The third kappa shape index (κ3) is 15.8. The molecule has 1 saturated heterocycles. The molecule has 11 nitrogen and oxygen atoms in total. The third-order valence-electron chi connectivity index (χ3n) is 17.7. The highest BCUT2D eigenvalue weighted by atomic mass is 16.5. The fraction of sp³-hybridized carbons (Fsp3) is 0.612. The van der Waals surface area contributed by atoms with Crippen LogP contribution in [0.1, 0.15) is 210 Å². The fourth-order valence-electron chi connectivity index (χ4n) is 12.7. The molecule has 78 heavy (non-hydrogen) atoms. The fourth-order valence-corrected chi connectivity index (χ4v) is 12.7. The Balaban J connectivity index is 1.19. The Hall–Kier alpha value is -5.58. The van der Waals surface area contributed by atoms with Crippen LogP contribution >= 0.6 is 0 Å². The lowest BCUT2D eigenvalue weighted by Gasteiger charge is -2.24. The molecule has 7 aliphatic rings. The molecule has 3 N–H and O–H groups in total. The number of methoxy groups -OCH3 is 1. The second-order valence-electron chi connectivity index (χ2n) is 24.2. The number of hydrogen-bond donors (Lipinski definition) is 3. The molecule has 0 aromatic carbocycles. The number of carbonyl (C=O) groups excluding carboxylic acids is 3. The van der Waals surface area contributed by atoms with Gasteiger partial charge in [-0.2, -0.15) is 0 Å². The van der Waals surface area contributed by atoms with E-state index >= 15 is 0 Å². The third-order valence-corrected chi connectivity index (χ3v) is 17.7. The van der Waals surface area contributed by atoms with E-state index in [1.54, 1.807) is 0 Å². The number of nitrogens with one attached hydrogen (secondary N) is 3. The van der Waals surface area contributed by atoms with Gasteiger partial charge in [0.05, 0.1) is 53.3 Å². The number of hydrogen-bond acceptors (Lipinski definition) is 10. The van der Waals surface area contributed by atoms with Gasteiger partial charge in [-0.05, 0) is 131 Å². The summed E-state index contributed by atoms with van der Waals surface area (Å²) >= 11 is 0. The number of amides is 1. The van der Waals surface area contributed by atoms with Crippen molar-refractivity contribution in [2.75, 3.05) is 13.7 Å². The maximum atomic E-state index is 14.9. The highest BCUT2D eigenvalue weighted by Gasteiger charge is 2.40. The normalized spacial score (nSPS) is 22.5. The summed E-state index contributed by atoms with van der Waals surface area (Å²) in [7, 11) is 1.39. The van der Waals surface area contributed by atoms with Crippen molar-refractivity contribution in [3.05, 3.63) is 116 Å². The van der Waals surface area contributed by atoms with E-state index in [0.717, 1.165) is 126 Å². The minimum absolute atomic E-state index is 0.0408. The number of ether oxygens (including phenoxy) is 2. The Labute approximate surface area is 469 Å². The van der Waals surface area contributed by atoms with E-state index in [2.05, 4.69) is 102 Å². The molecule has 0 aromatic heterocycles. The molecule has 4 atom stereocenters. The van der Waals surface area contributed by atoms with Crippen LogP contribution in [0.15, 0.2) is 131 Å². The van der Waals surface area contributed by atoms with E-state index < -0.39 is 5.97 Å². The molecule has 1 amide bonds. The summed E-state index contributed by atoms with van der Waals surface area (Å²) in [5.41, 5.74) is 12.8. The lowest BCUT2D eigenvalue weighted by atomic mass is 9.84. The molecule has 0 spiro atoms. The summed E-state index contributed by atoms with van der Waals surface area (Å²) in [4.78, 5) is 58.5. The number of allylic oxidation sites excluding steroid dienone is 11. The van der Waals surface area contributed by atoms with E-state index in [1.165, 1.54) is 76.9 Å². The van der Waals surface area contributed by atoms with Crippen LogP contribution in [0.3, 0.4) is 0 Å². The average Bonchev–Trinajstić information content (AvgIpc) is 4.20. The SMILES string of the molecule is C=CC1=C(C)C2=NC1=CC1=NC(=C(CC)/C1=C\NC1CCCCC1)C=C1N=C(C(CC(=O)OC)=C3NC(=C2)C(C)C3CCC(=O)OC/C=C(\C)CCCC(C)CCCC(C)CCCC(C)C)C(C(=O)NC2CCCCC2)=C1C. The van der Waals surface area contributed by atoms with Gasteiger partial charge in [-0.25, -0.2) is 15.0 Å². The molecule has 4 unspecified atom stereocenters. The predicted octanol–water partition coefficient (Wildman–Crippen LogP) is 15.1. The Morgan fingerprint density at radius 3 is 2.10 bits per heavy atom. The number of nitrogens with zero attached hydrogens (tertiary/aromatic N) is 3. The van der Waals surface area contributed by atoms with Crippen molar-refractivity contribution >= 4 is 35.0 Å². The minimum Gasteiger partial charge on any atom is -0.469 e. The number of esters is 2. The van der Waals surface area contributed by atoms with Crippen LogP contribution in [0.25, 0.3) is 0 Å². The molecule has 8 bridgehead atoms. The summed E-state index contributed by atoms with van der Waals surface area (Å²) in [6.45, 7) is 24.4. The lowest BCUT2D eigenvalue weighted by molar-refractivity contribution is -0.143. The van der Waals surface area contributed by atoms with Crippen molar-refractivity contribution in [2.45, 2.75) is 222 Å². The Morgan fingerprint density at radius 1 is 0.782 bits per heavy atom. The molecule has 7 rings (SSSR count). The van der Waals surface area contributed by atoms with Gasteiger partial charge in [0.25, 0.3) is 5.91 Å². The van der Waals surface area contributed by atoms with Crippen LogP contribution in [0, 0.1) is 29.6 Å². The van der Waals surface area contributed by atoms with Crippen molar-refractivity contribution in [3.8, 4) is 0 Å². The first kappa shape index (κ1) is 60.1. The van der Waals surface area contributed by atoms with Crippen LogP contribution in [0.5, 0.6) is 0 Å². The standard InChI is InChI=1S/C67H96N6O5/c1-12-51-46(8)56-38-57-47(9)53(33-34-62(74)78-36-35-45(7)28-22-27-44(6)26-21-25-43(5)24-20-23-42(3)4)65(72-57)54(37-63(75)77-11)66-64(67(76)69-50-31-18-15-19-32-50)48(10)58(73-66)39-60-52(13-2)55(61(71-60)40-59(51)70-56)41-68-49-29-16-14-17-30-49/h12,35,38-44,47,49-50,53,68,72H,1,13-34,36-37H2,2-11H3,(H,69,76)/b45-35+,55-41+,57-38?,58-39?,59-40?,65-54?. The van der Waals surface area contributed by atoms with Crippen molar-refractivity contribution < 1.29 is 23.9 Å². The topological polar surface area (TPSA) is 143 Å². The van der Waals surface area contributed by atoms with Crippen molar-refractivity contribution in [1.29, 1.82) is 0 Å². The molecule has 0 radical (unpaired) electrons. The molecule has 2 aliphatic carbocycles. The van der Waals surface area contributed by atoms with E-state index in [-0.39, 0.29) is 49.2 Å². The monoisotopic (exact) mass is 1060 g/mol. The molecule has 424 valence electrons. The predicted molar refractivity (Wildman–Crippen MR) is 321 cm³/mol. The van der Waals surface area contributed by atoms with E-state index in [0.29, 0.717) is 52.9 Å². The van der Waals surface area contributed by atoms with Crippen LogP contribution in [-0.4, -0.2) is 60.8 Å². The van der Waals surface area contributed by atoms with Crippen LogP contribution in [0.2, 0.25) is 0 Å². The quantitative estimate of drug-likeness (QED) is 0.0610. The van der Waals surface area contributed by atoms with Gasteiger partial charge in [-0.3, -0.25) is 14.4 Å². The van der Waals surface area contributed by atoms with Gasteiger partial charge in [0.2, 0.25) is 0 Å². The van der Waals surface area contributed by atoms with Crippen LogP contribution < -0.4 is 16.0 Å². The Kier molecular flexibility index (Phi) is 22.4. The first-order valence-corrected chi connectivity index (χ1v) is 30.4. The Bertz CT molecular complexity index is 2630. The van der Waals surface area contributed by atoms with Gasteiger partial charge in [0.15, 0.2) is 0 Å². The van der Waals surface area contributed by atoms with E-state index in [4.69, 9.17) is 24.5 Å². The molecule has 11 heteroatoms. The van der Waals surface area contributed by atoms with Crippen molar-refractivity contribution in [2.24, 2.45) is 44.6 Å². The molecular weight excluding hydrogens is 969 g/mol. The summed E-state index contributed by atoms with van der Waals surface area (Å²) < 4.78 is 11.3. The number of fused-ring (bicyclic) bond motifs is 5. The average molecular weight is 1070 g/mol. The second-order valence-corrected chi connectivity index (χ2v) is 24.2. The zero-order valence-corrected chi connectivity index (χ0v) is 49.6. The first-order chi connectivity index (χ1) is 37.6. The first-order valence-electron chi connectivity index (χ1n) is 30.4. The van der Waals surface area contributed by atoms with E-state index in [9.17, 15) is 14.4 Å². The summed E-state index contributed by atoms with van der Waals surface area (Å²) in [6, 6.07) is 0.436. The van der Waals surface area contributed by atoms with Gasteiger partial charge in [-0.15, -0.1) is 0 Å². The maximum Gasteiger partial charge on any atom is 0.310 e. The maximum absolute atomic E-state index is 14.9. The smallest absolute Gasteiger partial charge is 0.310 e. The lowest BCUT2D eigenvalue weighted by Crippen LogP contribution is -2.39. The van der Waals surface area contributed by atoms with E-state index in [1.807, 2.05) is 19.1 Å². The van der Waals surface area contributed by atoms with Crippen molar-refractivity contribution in [3.63, 3.8) is 0 Å². The summed E-state index contributed by atoms with van der Waals surface area (Å²) in [6.07, 6.45) is 35.8. The Morgan fingerprint density at radius 2 is 1.45 bits per heavy atom. The van der Waals surface area contributed by atoms with Crippen LogP contribution in [0.4, 0.5) is 0 Å². The van der Waals surface area contributed by atoms with Gasteiger partial charge in [0.1, 0.15) is 6.61 Å². The highest BCUT2D eigenvalue weighted by Crippen LogP contribution is 2.43. The molecule has 5 aliphatic heterocycles. The highest BCUT2D eigenvalue weighted by molar-refractivity contribution is 6.31. The zero-order chi connectivity index (χ0) is 55.9. The van der Waals surface area contributed by atoms with Gasteiger partial charge < -0.3 is 25.4 Å².